The summed E-state index contributed by atoms with van der Waals surface area (Å²) in [5.41, 5.74) is 1.11. The SMILES string of the molecule is CCOCCCNC(=NCc1ccc(OC)cc1)NCCc1nc(C(C)C)no1. The lowest BCUT2D eigenvalue weighted by Crippen LogP contribution is -2.39. The van der Waals surface area contributed by atoms with Crippen LogP contribution in [0.3, 0.4) is 0 Å². The molecule has 1 aromatic heterocycles. The predicted octanol–water partition coefficient (Wildman–Crippen LogP) is 2.91. The summed E-state index contributed by atoms with van der Waals surface area (Å²) >= 11 is 0. The number of guanidine groups is 1. The maximum atomic E-state index is 5.39. The minimum Gasteiger partial charge on any atom is -0.497 e. The van der Waals surface area contributed by atoms with Crippen molar-refractivity contribution in [1.82, 2.24) is 20.8 Å². The minimum absolute atomic E-state index is 0.258. The van der Waals surface area contributed by atoms with Crippen molar-refractivity contribution in [2.24, 2.45) is 4.99 Å². The summed E-state index contributed by atoms with van der Waals surface area (Å²) in [4.78, 5) is 9.08. The predicted molar refractivity (Wildman–Crippen MR) is 113 cm³/mol. The van der Waals surface area contributed by atoms with Crippen LogP contribution in [0.25, 0.3) is 0 Å². The fraction of sp³-hybridized carbons (Fsp3) is 0.571. The van der Waals surface area contributed by atoms with Crippen LogP contribution in [0, 0.1) is 0 Å². The van der Waals surface area contributed by atoms with E-state index in [-0.39, 0.29) is 5.92 Å². The molecule has 0 spiro atoms. The molecule has 0 atom stereocenters. The number of hydrogen-bond donors (Lipinski definition) is 2. The van der Waals surface area contributed by atoms with Gasteiger partial charge in [-0.3, -0.25) is 0 Å². The van der Waals surface area contributed by atoms with Crippen LogP contribution in [0.1, 0.15) is 50.4 Å². The fourth-order valence-corrected chi connectivity index (χ4v) is 2.49. The highest BCUT2D eigenvalue weighted by Gasteiger charge is 2.09. The van der Waals surface area contributed by atoms with Crippen molar-refractivity contribution in [3.63, 3.8) is 0 Å². The molecule has 29 heavy (non-hydrogen) atoms. The molecule has 160 valence electrons. The van der Waals surface area contributed by atoms with E-state index in [0.29, 0.717) is 25.4 Å². The van der Waals surface area contributed by atoms with Gasteiger partial charge < -0.3 is 24.6 Å². The molecule has 0 amide bonds. The molecule has 0 fully saturated rings. The Morgan fingerprint density at radius 3 is 2.59 bits per heavy atom. The molecular formula is C21H33N5O3. The second-order valence-corrected chi connectivity index (χ2v) is 6.87. The molecular weight excluding hydrogens is 370 g/mol. The van der Waals surface area contributed by atoms with Crippen LogP contribution < -0.4 is 15.4 Å². The molecule has 2 aromatic rings. The number of nitrogens with zero attached hydrogens (tertiary/aromatic N) is 3. The van der Waals surface area contributed by atoms with E-state index in [4.69, 9.17) is 14.0 Å². The Morgan fingerprint density at radius 2 is 1.93 bits per heavy atom. The number of ether oxygens (including phenoxy) is 2. The molecule has 0 aliphatic rings. The van der Waals surface area contributed by atoms with Crippen molar-refractivity contribution in [1.29, 1.82) is 0 Å². The van der Waals surface area contributed by atoms with Gasteiger partial charge in [-0.05, 0) is 31.0 Å². The van der Waals surface area contributed by atoms with Crippen LogP contribution >= 0.6 is 0 Å². The van der Waals surface area contributed by atoms with Gasteiger partial charge in [0.25, 0.3) is 0 Å². The van der Waals surface area contributed by atoms with Gasteiger partial charge in [0.05, 0.1) is 13.7 Å². The van der Waals surface area contributed by atoms with E-state index in [1.807, 2.05) is 45.0 Å². The average molecular weight is 404 g/mol. The van der Waals surface area contributed by atoms with E-state index in [1.54, 1.807) is 7.11 Å². The van der Waals surface area contributed by atoms with Crippen LogP contribution in [0.2, 0.25) is 0 Å². The maximum absolute atomic E-state index is 5.39. The molecule has 2 rings (SSSR count). The molecule has 0 saturated carbocycles. The van der Waals surface area contributed by atoms with Gasteiger partial charge in [-0.2, -0.15) is 4.98 Å². The van der Waals surface area contributed by atoms with Crippen LogP contribution in [0.4, 0.5) is 0 Å². The first kappa shape index (κ1) is 22.7. The molecule has 2 N–H and O–H groups in total. The lowest BCUT2D eigenvalue weighted by molar-refractivity contribution is 0.145. The largest absolute Gasteiger partial charge is 0.497 e. The van der Waals surface area contributed by atoms with E-state index >= 15 is 0 Å². The zero-order chi connectivity index (χ0) is 20.9. The van der Waals surface area contributed by atoms with Crippen molar-refractivity contribution < 1.29 is 14.0 Å². The Kier molecular flexibility index (Phi) is 9.99. The molecule has 8 nitrogen and oxygen atoms in total. The lowest BCUT2D eigenvalue weighted by Gasteiger charge is -2.12. The number of hydrogen-bond acceptors (Lipinski definition) is 6. The van der Waals surface area contributed by atoms with Crippen molar-refractivity contribution >= 4 is 5.96 Å². The second kappa shape index (κ2) is 12.8. The highest BCUT2D eigenvalue weighted by atomic mass is 16.5. The van der Waals surface area contributed by atoms with E-state index in [2.05, 4.69) is 25.8 Å². The van der Waals surface area contributed by atoms with Gasteiger partial charge in [0.2, 0.25) is 5.89 Å². The quantitative estimate of drug-likeness (QED) is 0.320. The van der Waals surface area contributed by atoms with Crippen molar-refractivity contribution in [3.05, 3.63) is 41.5 Å². The first-order valence-corrected chi connectivity index (χ1v) is 10.2. The molecule has 0 radical (unpaired) electrons. The van der Waals surface area contributed by atoms with Gasteiger partial charge in [0, 0.05) is 38.6 Å². The van der Waals surface area contributed by atoms with E-state index < -0.39 is 0 Å². The number of benzene rings is 1. The highest BCUT2D eigenvalue weighted by Crippen LogP contribution is 2.12. The summed E-state index contributed by atoms with van der Waals surface area (Å²) in [6.07, 6.45) is 1.56. The van der Waals surface area contributed by atoms with E-state index in [0.717, 1.165) is 49.3 Å². The normalized spacial score (nSPS) is 11.7. The van der Waals surface area contributed by atoms with Crippen molar-refractivity contribution in [2.75, 3.05) is 33.4 Å². The third-order valence-electron chi connectivity index (χ3n) is 4.17. The van der Waals surface area contributed by atoms with Gasteiger partial charge in [-0.25, -0.2) is 4.99 Å². The van der Waals surface area contributed by atoms with Gasteiger partial charge in [0.15, 0.2) is 11.8 Å². The zero-order valence-electron chi connectivity index (χ0n) is 17.9. The molecule has 1 heterocycles. The molecule has 1 aromatic carbocycles. The van der Waals surface area contributed by atoms with Crippen molar-refractivity contribution in [2.45, 2.75) is 46.1 Å². The Morgan fingerprint density at radius 1 is 1.17 bits per heavy atom. The molecule has 0 aliphatic heterocycles. The molecule has 8 heteroatoms. The van der Waals surface area contributed by atoms with E-state index in [9.17, 15) is 0 Å². The Balaban J connectivity index is 1.87. The Bertz CT molecular complexity index is 728. The average Bonchev–Trinajstić information content (AvgIpc) is 3.21. The van der Waals surface area contributed by atoms with Gasteiger partial charge in [-0.1, -0.05) is 31.1 Å². The fourth-order valence-electron chi connectivity index (χ4n) is 2.49. The summed E-state index contributed by atoms with van der Waals surface area (Å²) in [6, 6.07) is 7.91. The minimum atomic E-state index is 0.258. The van der Waals surface area contributed by atoms with Crippen LogP contribution in [0.15, 0.2) is 33.8 Å². The molecule has 0 aliphatic carbocycles. The first-order valence-electron chi connectivity index (χ1n) is 10.2. The van der Waals surface area contributed by atoms with Crippen LogP contribution in [-0.2, 0) is 17.7 Å². The Hall–Kier alpha value is -2.61. The molecule has 0 saturated heterocycles. The summed E-state index contributed by atoms with van der Waals surface area (Å²) in [5.74, 6) is 3.22. The number of aromatic nitrogens is 2. The number of nitrogens with one attached hydrogen (secondary N) is 2. The monoisotopic (exact) mass is 403 g/mol. The van der Waals surface area contributed by atoms with Gasteiger partial charge >= 0.3 is 0 Å². The van der Waals surface area contributed by atoms with E-state index in [1.165, 1.54) is 0 Å². The molecule has 0 unspecified atom stereocenters. The first-order chi connectivity index (χ1) is 14.1. The smallest absolute Gasteiger partial charge is 0.228 e. The summed E-state index contributed by atoms with van der Waals surface area (Å²) in [5, 5.41) is 10.7. The number of methoxy groups -OCH3 is 1. The van der Waals surface area contributed by atoms with Crippen LogP contribution in [-0.4, -0.2) is 49.5 Å². The summed E-state index contributed by atoms with van der Waals surface area (Å²) < 4.78 is 15.9. The Labute approximate surface area is 173 Å². The molecule has 0 bridgehead atoms. The second-order valence-electron chi connectivity index (χ2n) is 6.87. The highest BCUT2D eigenvalue weighted by molar-refractivity contribution is 5.79. The topological polar surface area (TPSA) is 93.8 Å². The van der Waals surface area contributed by atoms with Gasteiger partial charge in [-0.15, -0.1) is 0 Å². The lowest BCUT2D eigenvalue weighted by atomic mass is 10.2. The van der Waals surface area contributed by atoms with Crippen molar-refractivity contribution in [3.8, 4) is 5.75 Å². The number of aliphatic imine (C=N–C) groups is 1. The summed E-state index contributed by atoms with van der Waals surface area (Å²) in [6.45, 7) is 9.56. The third-order valence-corrected chi connectivity index (χ3v) is 4.17. The standard InChI is InChI=1S/C21H33N5O3/c1-5-28-14-6-12-22-21(24-15-17-7-9-18(27-4)10-8-17)23-13-11-19-25-20(16(2)3)26-29-19/h7-10,16H,5-6,11-15H2,1-4H3,(H2,22,23,24). The summed E-state index contributed by atoms with van der Waals surface area (Å²) in [7, 11) is 1.66. The van der Waals surface area contributed by atoms with Gasteiger partial charge in [0.1, 0.15) is 5.75 Å². The maximum Gasteiger partial charge on any atom is 0.228 e. The number of rotatable bonds is 12. The van der Waals surface area contributed by atoms with Crippen LogP contribution in [0.5, 0.6) is 5.75 Å². The third kappa shape index (κ3) is 8.51. The zero-order valence-corrected chi connectivity index (χ0v) is 17.9.